The van der Waals surface area contributed by atoms with E-state index < -0.39 is 0 Å². The highest BCUT2D eigenvalue weighted by Gasteiger charge is 2.23. The lowest BCUT2D eigenvalue weighted by Crippen LogP contribution is -2.33. The Morgan fingerprint density at radius 1 is 1.28 bits per heavy atom. The number of hydrogen-bond donors (Lipinski definition) is 1. The fourth-order valence-electron chi connectivity index (χ4n) is 2.37. The number of nitrogens with one attached hydrogen (secondary N) is 1. The number of hydrogen-bond acceptors (Lipinski definition) is 3. The molecule has 3 nitrogen and oxygen atoms in total. The Morgan fingerprint density at radius 2 is 2.00 bits per heavy atom. The number of nitrogens with zero attached hydrogens (tertiary/aromatic N) is 2. The Bertz CT molecular complexity index is 406. The molecule has 1 fully saturated rings. The zero-order valence-corrected chi connectivity index (χ0v) is 12.2. The summed E-state index contributed by atoms with van der Waals surface area (Å²) in [7, 11) is 0. The van der Waals surface area contributed by atoms with Crippen molar-refractivity contribution in [3.8, 4) is 0 Å². The zero-order valence-electron chi connectivity index (χ0n) is 11.4. The van der Waals surface area contributed by atoms with Gasteiger partial charge in [-0.1, -0.05) is 26.7 Å². The fraction of sp³-hybridized carbons (Fsp3) is 0.714. The van der Waals surface area contributed by atoms with Crippen molar-refractivity contribution >= 4 is 17.5 Å². The smallest absolute Gasteiger partial charge is 0.223 e. The van der Waals surface area contributed by atoms with Crippen molar-refractivity contribution in [3.63, 3.8) is 0 Å². The highest BCUT2D eigenvalue weighted by molar-refractivity contribution is 6.21. The molecule has 1 N–H and O–H groups in total. The Labute approximate surface area is 114 Å². The summed E-state index contributed by atoms with van der Waals surface area (Å²) in [5.74, 6) is 1.15. The summed E-state index contributed by atoms with van der Waals surface area (Å²) in [6.45, 7) is 6.31. The van der Waals surface area contributed by atoms with Gasteiger partial charge in [0.25, 0.3) is 0 Å². The van der Waals surface area contributed by atoms with E-state index in [-0.39, 0.29) is 5.38 Å². The predicted octanol–water partition coefficient (Wildman–Crippen LogP) is 3.87. The van der Waals surface area contributed by atoms with Crippen molar-refractivity contribution in [2.75, 3.05) is 5.32 Å². The van der Waals surface area contributed by atoms with Crippen molar-refractivity contribution < 1.29 is 0 Å². The van der Waals surface area contributed by atoms with Crippen molar-refractivity contribution in [2.45, 2.75) is 63.8 Å². The van der Waals surface area contributed by atoms with Gasteiger partial charge in [-0.2, -0.15) is 0 Å². The Morgan fingerprint density at radius 3 is 2.67 bits per heavy atom. The number of aromatic nitrogens is 2. The first-order valence-corrected chi connectivity index (χ1v) is 7.26. The molecule has 1 aromatic rings. The third-order valence-corrected chi connectivity index (χ3v) is 3.98. The first-order valence-electron chi connectivity index (χ1n) is 6.82. The van der Waals surface area contributed by atoms with Crippen LogP contribution >= 0.6 is 11.6 Å². The molecular weight excluding hydrogens is 246 g/mol. The number of aryl methyl sites for hydroxylation is 1. The SMILES string of the molecule is Cc1cc(C(C)C)nc(NC2CCCCC2Cl)n1. The molecule has 1 aliphatic rings. The molecule has 0 radical (unpaired) electrons. The summed E-state index contributed by atoms with van der Waals surface area (Å²) in [6, 6.07) is 2.36. The summed E-state index contributed by atoms with van der Waals surface area (Å²) in [5, 5.41) is 3.61. The van der Waals surface area contributed by atoms with Crippen molar-refractivity contribution in [1.29, 1.82) is 0 Å². The lowest BCUT2D eigenvalue weighted by Gasteiger charge is -2.28. The maximum Gasteiger partial charge on any atom is 0.223 e. The van der Waals surface area contributed by atoms with Gasteiger partial charge in [0, 0.05) is 17.4 Å². The van der Waals surface area contributed by atoms with E-state index in [1.807, 2.05) is 6.92 Å². The van der Waals surface area contributed by atoms with Crippen LogP contribution in [-0.4, -0.2) is 21.4 Å². The van der Waals surface area contributed by atoms with Gasteiger partial charge in [-0.05, 0) is 31.7 Å². The maximum atomic E-state index is 6.36. The average molecular weight is 268 g/mol. The van der Waals surface area contributed by atoms with Crippen LogP contribution in [0, 0.1) is 6.92 Å². The first kappa shape index (κ1) is 13.6. The summed E-state index contributed by atoms with van der Waals surface area (Å²) >= 11 is 6.36. The minimum atomic E-state index is 0.199. The number of alkyl halides is 1. The van der Waals surface area contributed by atoms with Gasteiger partial charge >= 0.3 is 0 Å². The van der Waals surface area contributed by atoms with Crippen LogP contribution in [0.4, 0.5) is 5.95 Å². The van der Waals surface area contributed by atoms with Gasteiger partial charge in [0.2, 0.25) is 5.95 Å². The minimum Gasteiger partial charge on any atom is -0.350 e. The van der Waals surface area contributed by atoms with E-state index in [0.717, 1.165) is 30.2 Å². The van der Waals surface area contributed by atoms with E-state index in [4.69, 9.17) is 11.6 Å². The van der Waals surface area contributed by atoms with Gasteiger partial charge in [0.1, 0.15) is 0 Å². The molecule has 1 aliphatic carbocycles. The normalized spacial score (nSPS) is 24.3. The third kappa shape index (κ3) is 3.35. The van der Waals surface area contributed by atoms with Crippen LogP contribution in [0.2, 0.25) is 0 Å². The second-order valence-electron chi connectivity index (χ2n) is 5.46. The van der Waals surface area contributed by atoms with Gasteiger partial charge in [0.15, 0.2) is 0 Å². The first-order chi connectivity index (χ1) is 8.56. The summed E-state index contributed by atoms with van der Waals surface area (Å²) < 4.78 is 0. The maximum absolute atomic E-state index is 6.36. The van der Waals surface area contributed by atoms with Crippen LogP contribution in [0.5, 0.6) is 0 Å². The monoisotopic (exact) mass is 267 g/mol. The molecule has 0 spiro atoms. The molecule has 2 rings (SSSR count). The van der Waals surface area contributed by atoms with Crippen LogP contribution in [0.25, 0.3) is 0 Å². The molecule has 1 saturated carbocycles. The Hall–Kier alpha value is -0.830. The van der Waals surface area contributed by atoms with Crippen molar-refractivity contribution in [3.05, 3.63) is 17.5 Å². The molecule has 1 heterocycles. The van der Waals surface area contributed by atoms with E-state index in [2.05, 4.69) is 35.2 Å². The van der Waals surface area contributed by atoms with Crippen molar-refractivity contribution in [2.24, 2.45) is 0 Å². The van der Waals surface area contributed by atoms with Gasteiger partial charge in [-0.15, -0.1) is 11.6 Å². The van der Waals surface area contributed by atoms with E-state index in [9.17, 15) is 0 Å². The van der Waals surface area contributed by atoms with Crippen LogP contribution in [-0.2, 0) is 0 Å². The second-order valence-corrected chi connectivity index (χ2v) is 6.02. The van der Waals surface area contributed by atoms with Crippen LogP contribution < -0.4 is 5.32 Å². The largest absolute Gasteiger partial charge is 0.350 e. The fourth-order valence-corrected chi connectivity index (χ4v) is 2.71. The second kappa shape index (κ2) is 5.87. The van der Waals surface area contributed by atoms with E-state index in [1.54, 1.807) is 0 Å². The molecule has 1 aromatic heterocycles. The van der Waals surface area contributed by atoms with Gasteiger partial charge < -0.3 is 5.32 Å². The molecule has 0 bridgehead atoms. The molecule has 2 atom stereocenters. The van der Waals surface area contributed by atoms with E-state index >= 15 is 0 Å². The average Bonchev–Trinajstić information content (AvgIpc) is 2.31. The molecule has 18 heavy (non-hydrogen) atoms. The van der Waals surface area contributed by atoms with Crippen LogP contribution in [0.15, 0.2) is 6.07 Å². The lowest BCUT2D eigenvalue weighted by atomic mass is 9.95. The molecule has 0 saturated heterocycles. The van der Waals surface area contributed by atoms with Crippen LogP contribution in [0.3, 0.4) is 0 Å². The highest BCUT2D eigenvalue weighted by atomic mass is 35.5. The van der Waals surface area contributed by atoms with Crippen LogP contribution in [0.1, 0.15) is 56.8 Å². The summed E-state index contributed by atoms with van der Waals surface area (Å²) in [4.78, 5) is 9.04. The zero-order chi connectivity index (χ0) is 13.1. The van der Waals surface area contributed by atoms with Crippen molar-refractivity contribution in [1.82, 2.24) is 9.97 Å². The topological polar surface area (TPSA) is 37.8 Å². The Balaban J connectivity index is 2.12. The molecule has 0 aromatic carbocycles. The third-order valence-electron chi connectivity index (χ3n) is 3.46. The Kier molecular flexibility index (Phi) is 4.44. The molecule has 4 heteroatoms. The number of anilines is 1. The predicted molar refractivity (Wildman–Crippen MR) is 76.4 cm³/mol. The van der Waals surface area contributed by atoms with Gasteiger partial charge in [0.05, 0.1) is 5.38 Å². The van der Waals surface area contributed by atoms with E-state index in [0.29, 0.717) is 12.0 Å². The number of halogens is 1. The molecule has 0 amide bonds. The van der Waals surface area contributed by atoms with Gasteiger partial charge in [-0.25, -0.2) is 9.97 Å². The quantitative estimate of drug-likeness (QED) is 0.845. The van der Waals surface area contributed by atoms with Gasteiger partial charge in [-0.3, -0.25) is 0 Å². The van der Waals surface area contributed by atoms with E-state index in [1.165, 1.54) is 12.8 Å². The highest BCUT2D eigenvalue weighted by Crippen LogP contribution is 2.25. The molecular formula is C14H22ClN3. The minimum absolute atomic E-state index is 0.199. The molecule has 0 aliphatic heterocycles. The molecule has 2 unspecified atom stereocenters. The summed E-state index contributed by atoms with van der Waals surface area (Å²) in [6.07, 6.45) is 4.67. The standard InChI is InChI=1S/C14H22ClN3/c1-9(2)13-8-10(3)16-14(18-13)17-12-7-5-4-6-11(12)15/h8-9,11-12H,4-7H2,1-3H3,(H,16,17,18). The number of rotatable bonds is 3. The lowest BCUT2D eigenvalue weighted by molar-refractivity contribution is 0.467. The summed E-state index contributed by atoms with van der Waals surface area (Å²) in [5.41, 5.74) is 2.10. The molecule has 100 valence electrons.